The zero-order valence-electron chi connectivity index (χ0n) is 16.6. The van der Waals surface area contributed by atoms with Crippen molar-refractivity contribution in [1.29, 1.82) is 0 Å². The Kier molecular flexibility index (Phi) is 5.23. The Morgan fingerprint density at radius 2 is 1.79 bits per heavy atom. The Labute approximate surface area is 182 Å². The van der Waals surface area contributed by atoms with Gasteiger partial charge in [-0.25, -0.2) is 0 Å². The van der Waals surface area contributed by atoms with Gasteiger partial charge in [-0.05, 0) is 63.2 Å². The number of methoxy groups -OCH3 is 1. The lowest BCUT2D eigenvalue weighted by Gasteiger charge is -2.43. The van der Waals surface area contributed by atoms with E-state index in [2.05, 4.69) is 13.8 Å². The summed E-state index contributed by atoms with van der Waals surface area (Å²) in [6, 6.07) is 13.1. The van der Waals surface area contributed by atoms with E-state index in [1.165, 1.54) is 0 Å². The normalized spacial score (nSPS) is 14.1. The zero-order chi connectivity index (χ0) is 20.8. The summed E-state index contributed by atoms with van der Waals surface area (Å²) in [6.45, 7) is 6.69. The second-order valence-corrected chi connectivity index (χ2v) is 10.0. The first-order valence-electron chi connectivity index (χ1n) is 9.28. The van der Waals surface area contributed by atoms with E-state index in [1.54, 1.807) is 39.9 Å². The van der Waals surface area contributed by atoms with Crippen LogP contribution in [0.1, 0.15) is 36.0 Å². The van der Waals surface area contributed by atoms with Gasteiger partial charge in [0.25, 0.3) is 5.91 Å². The molecule has 0 fully saturated rings. The number of hydrogen-bond donors (Lipinski definition) is 0. The summed E-state index contributed by atoms with van der Waals surface area (Å²) in [7, 11) is 4.84. The molecule has 2 aromatic carbocycles. The average Bonchev–Trinajstić information content (AvgIpc) is 3.11. The number of carbonyl (C=O) groups is 1. The van der Waals surface area contributed by atoms with E-state index in [1.807, 2.05) is 42.2 Å². The molecule has 0 unspecified atom stereocenters. The van der Waals surface area contributed by atoms with Crippen LogP contribution >= 0.6 is 32.9 Å². The Balaban J connectivity index is 1.90. The molecule has 1 aliphatic rings. The summed E-state index contributed by atoms with van der Waals surface area (Å²) in [5.41, 5.74) is 2.94. The van der Waals surface area contributed by atoms with Crippen LogP contribution in [0.2, 0.25) is 0 Å². The van der Waals surface area contributed by atoms with Gasteiger partial charge in [-0.2, -0.15) is 0 Å². The van der Waals surface area contributed by atoms with Crippen LogP contribution in [0.4, 0.5) is 5.69 Å². The van der Waals surface area contributed by atoms with Gasteiger partial charge >= 0.3 is 0 Å². The monoisotopic (exact) mass is 443 g/mol. The zero-order valence-corrected chi connectivity index (χ0v) is 19.1. The number of amides is 1. The minimum atomic E-state index is -0.523. The van der Waals surface area contributed by atoms with Crippen LogP contribution in [0.15, 0.2) is 42.5 Å². The Bertz CT molecular complexity index is 1130. The molecule has 1 amide bonds. The average molecular weight is 444 g/mol. The molecule has 1 aromatic heterocycles. The number of rotatable bonds is 4. The van der Waals surface area contributed by atoms with Crippen molar-refractivity contribution in [2.24, 2.45) is 0 Å². The molecule has 0 saturated heterocycles. The highest BCUT2D eigenvalue weighted by atomic mass is 32.9. The minimum absolute atomic E-state index is 0.0574. The maximum Gasteiger partial charge on any atom is 0.259 e. The SMILES string of the molecule is CCOc1ccc2c(c1)-c1c(ssc1=S)C(C)(C)N2C(=O)c1ccc(OC)cc1. The molecule has 0 atom stereocenters. The molecule has 0 bridgehead atoms. The second kappa shape index (κ2) is 7.55. The molecule has 0 spiro atoms. The van der Waals surface area contributed by atoms with Crippen molar-refractivity contribution in [3.63, 3.8) is 0 Å². The first-order chi connectivity index (χ1) is 13.9. The van der Waals surface area contributed by atoms with Crippen molar-refractivity contribution in [1.82, 2.24) is 0 Å². The van der Waals surface area contributed by atoms with Gasteiger partial charge in [-0.1, -0.05) is 32.9 Å². The smallest absolute Gasteiger partial charge is 0.259 e. The molecule has 0 saturated carbocycles. The van der Waals surface area contributed by atoms with Crippen LogP contribution in [0.25, 0.3) is 11.1 Å². The number of benzene rings is 2. The number of ether oxygens (including phenoxy) is 2. The van der Waals surface area contributed by atoms with Gasteiger partial charge in [-0.15, -0.1) is 0 Å². The molecular formula is C22H21NO3S3. The predicted molar refractivity (Wildman–Crippen MR) is 122 cm³/mol. The van der Waals surface area contributed by atoms with E-state index in [0.717, 1.165) is 37.0 Å². The summed E-state index contributed by atoms with van der Waals surface area (Å²) < 4.78 is 11.8. The van der Waals surface area contributed by atoms with Crippen molar-refractivity contribution >= 4 is 44.5 Å². The quantitative estimate of drug-likeness (QED) is 0.340. The highest BCUT2D eigenvalue weighted by molar-refractivity contribution is 7.80. The molecule has 3 aromatic rings. The van der Waals surface area contributed by atoms with Gasteiger partial charge < -0.3 is 9.47 Å². The van der Waals surface area contributed by atoms with Gasteiger partial charge in [0.05, 0.1) is 29.8 Å². The highest BCUT2D eigenvalue weighted by Crippen LogP contribution is 2.53. The fourth-order valence-corrected chi connectivity index (χ4v) is 6.97. The number of nitrogens with zero attached hydrogens (tertiary/aromatic N) is 1. The number of carbonyl (C=O) groups excluding carboxylic acids is 1. The topological polar surface area (TPSA) is 38.8 Å². The molecule has 29 heavy (non-hydrogen) atoms. The van der Waals surface area contributed by atoms with Gasteiger partial charge in [-0.3, -0.25) is 9.69 Å². The Morgan fingerprint density at radius 1 is 1.10 bits per heavy atom. The third-order valence-corrected chi connectivity index (χ3v) is 8.41. The van der Waals surface area contributed by atoms with E-state index in [-0.39, 0.29) is 5.91 Å². The Hall–Kier alpha value is -2.22. The van der Waals surface area contributed by atoms with Crippen molar-refractivity contribution in [2.45, 2.75) is 26.3 Å². The first kappa shape index (κ1) is 20.1. The molecule has 1 aliphatic heterocycles. The number of fused-ring (bicyclic) bond motifs is 3. The summed E-state index contributed by atoms with van der Waals surface area (Å²) >= 11 is 5.66. The van der Waals surface area contributed by atoms with Gasteiger partial charge in [0.15, 0.2) is 0 Å². The predicted octanol–water partition coefficient (Wildman–Crippen LogP) is 6.51. The molecule has 0 N–H and O–H groups in total. The molecule has 150 valence electrons. The molecule has 2 heterocycles. The molecule has 4 rings (SSSR count). The van der Waals surface area contributed by atoms with E-state index in [9.17, 15) is 4.79 Å². The van der Waals surface area contributed by atoms with Gasteiger partial charge in [0.1, 0.15) is 15.3 Å². The van der Waals surface area contributed by atoms with Crippen LogP contribution in [-0.4, -0.2) is 19.6 Å². The van der Waals surface area contributed by atoms with E-state index >= 15 is 0 Å². The van der Waals surface area contributed by atoms with E-state index in [0.29, 0.717) is 12.2 Å². The third kappa shape index (κ3) is 3.27. The van der Waals surface area contributed by atoms with Crippen molar-refractivity contribution < 1.29 is 14.3 Å². The molecule has 4 nitrogen and oxygen atoms in total. The Morgan fingerprint density at radius 3 is 2.45 bits per heavy atom. The fraction of sp³-hybridized carbons (Fsp3) is 0.273. The lowest BCUT2D eigenvalue weighted by molar-refractivity contribution is 0.0961. The van der Waals surface area contributed by atoms with Crippen LogP contribution in [0.3, 0.4) is 0 Å². The molecule has 0 aliphatic carbocycles. The molecule has 7 heteroatoms. The highest BCUT2D eigenvalue weighted by Gasteiger charge is 2.43. The first-order valence-corrected chi connectivity index (χ1v) is 11.8. The summed E-state index contributed by atoms with van der Waals surface area (Å²) in [6.07, 6.45) is 0. The number of anilines is 1. The van der Waals surface area contributed by atoms with Crippen LogP contribution < -0.4 is 14.4 Å². The molecule has 0 radical (unpaired) electrons. The number of hydrogen-bond acceptors (Lipinski definition) is 6. The summed E-state index contributed by atoms with van der Waals surface area (Å²) in [4.78, 5) is 16.6. The maximum atomic E-state index is 13.6. The van der Waals surface area contributed by atoms with Gasteiger partial charge in [0, 0.05) is 16.7 Å². The lowest BCUT2D eigenvalue weighted by Crippen LogP contribution is -2.47. The fourth-order valence-electron chi connectivity index (χ4n) is 3.69. The minimum Gasteiger partial charge on any atom is -0.497 e. The molecular weight excluding hydrogens is 422 g/mol. The summed E-state index contributed by atoms with van der Waals surface area (Å²) in [5.74, 6) is 1.44. The maximum absolute atomic E-state index is 13.6. The van der Waals surface area contributed by atoms with E-state index in [4.69, 9.17) is 21.7 Å². The summed E-state index contributed by atoms with van der Waals surface area (Å²) in [5, 5.41) is 0. The standard InChI is InChI=1S/C22H21NO3S3/c1-5-26-15-10-11-17-16(12-15)18-19(28-29-21(18)27)22(2,3)23(17)20(24)13-6-8-14(25-4)9-7-13/h6-12H,5H2,1-4H3. The van der Waals surface area contributed by atoms with Gasteiger partial charge in [0.2, 0.25) is 0 Å². The van der Waals surface area contributed by atoms with Crippen molar-refractivity contribution in [3.05, 3.63) is 56.7 Å². The van der Waals surface area contributed by atoms with Crippen LogP contribution in [0.5, 0.6) is 11.5 Å². The second-order valence-electron chi connectivity index (χ2n) is 7.20. The van der Waals surface area contributed by atoms with Crippen LogP contribution in [-0.2, 0) is 5.54 Å². The van der Waals surface area contributed by atoms with E-state index < -0.39 is 5.54 Å². The lowest BCUT2D eigenvalue weighted by atomic mass is 9.86. The third-order valence-electron chi connectivity index (χ3n) is 5.08. The van der Waals surface area contributed by atoms with Crippen molar-refractivity contribution in [2.75, 3.05) is 18.6 Å². The van der Waals surface area contributed by atoms with Crippen LogP contribution in [0, 0.1) is 3.82 Å². The van der Waals surface area contributed by atoms with Crippen molar-refractivity contribution in [3.8, 4) is 22.6 Å². The largest absolute Gasteiger partial charge is 0.497 e.